The zero-order valence-electron chi connectivity index (χ0n) is 31.9. The number of fused-ring (bicyclic) bond motifs is 7. The van der Waals surface area contributed by atoms with E-state index >= 15 is 0 Å². The Bertz CT molecular complexity index is 3160. The Morgan fingerprint density at radius 3 is 1.86 bits per heavy atom. The molecule has 270 valence electrons. The van der Waals surface area contributed by atoms with Gasteiger partial charge in [-0.25, -0.2) is 0 Å². The molecule has 0 saturated carbocycles. The molecular formula is C55H39NS. The van der Waals surface area contributed by atoms with Crippen LogP contribution < -0.4 is 4.90 Å². The second-order valence-electron chi connectivity index (χ2n) is 15.7. The summed E-state index contributed by atoms with van der Waals surface area (Å²) >= 11 is 1.86. The molecule has 0 atom stereocenters. The smallest absolute Gasteiger partial charge is 0.0468 e. The van der Waals surface area contributed by atoms with Crippen molar-refractivity contribution >= 4 is 59.3 Å². The summed E-state index contributed by atoms with van der Waals surface area (Å²) < 4.78 is 2.62. The summed E-state index contributed by atoms with van der Waals surface area (Å²) in [6.07, 6.45) is 0. The van der Waals surface area contributed by atoms with Gasteiger partial charge in [0, 0.05) is 42.6 Å². The van der Waals surface area contributed by atoms with E-state index in [1.54, 1.807) is 0 Å². The first kappa shape index (κ1) is 33.6. The van der Waals surface area contributed by atoms with Gasteiger partial charge >= 0.3 is 0 Å². The molecule has 57 heavy (non-hydrogen) atoms. The number of hydrogen-bond donors (Lipinski definition) is 0. The van der Waals surface area contributed by atoms with Crippen molar-refractivity contribution in [1.82, 2.24) is 0 Å². The van der Waals surface area contributed by atoms with Gasteiger partial charge in [0.15, 0.2) is 0 Å². The molecule has 11 rings (SSSR count). The molecule has 2 heteroatoms. The zero-order valence-corrected chi connectivity index (χ0v) is 32.7. The highest BCUT2D eigenvalue weighted by atomic mass is 32.1. The van der Waals surface area contributed by atoms with Crippen LogP contribution >= 0.6 is 11.3 Å². The highest BCUT2D eigenvalue weighted by Gasteiger charge is 2.37. The first-order valence-electron chi connectivity index (χ1n) is 19.8. The second-order valence-corrected chi connectivity index (χ2v) is 16.8. The molecule has 0 amide bonds. The summed E-state index contributed by atoms with van der Waals surface area (Å²) in [6, 6.07) is 73.9. The fourth-order valence-electron chi connectivity index (χ4n) is 9.35. The molecule has 0 aliphatic heterocycles. The van der Waals surface area contributed by atoms with Crippen molar-refractivity contribution in [3.8, 4) is 44.5 Å². The Labute approximate surface area is 337 Å². The summed E-state index contributed by atoms with van der Waals surface area (Å²) in [4.78, 5) is 2.42. The van der Waals surface area contributed by atoms with Crippen molar-refractivity contribution in [2.75, 3.05) is 4.90 Å². The Hall–Kier alpha value is -6.74. The molecule has 0 bridgehead atoms. The summed E-state index contributed by atoms with van der Waals surface area (Å²) in [5, 5.41) is 5.11. The van der Waals surface area contributed by atoms with Crippen LogP contribution in [-0.4, -0.2) is 0 Å². The van der Waals surface area contributed by atoms with Crippen LogP contribution in [0, 0.1) is 0 Å². The molecule has 1 aliphatic carbocycles. The average Bonchev–Trinajstić information content (AvgIpc) is 3.75. The van der Waals surface area contributed by atoms with Crippen LogP contribution in [0.15, 0.2) is 200 Å². The number of anilines is 3. The highest BCUT2D eigenvalue weighted by Crippen LogP contribution is 2.52. The maximum atomic E-state index is 2.42. The van der Waals surface area contributed by atoms with Crippen LogP contribution in [-0.2, 0) is 5.41 Å². The van der Waals surface area contributed by atoms with Crippen LogP contribution in [0.3, 0.4) is 0 Å². The molecule has 1 heterocycles. The molecule has 0 unspecified atom stereocenters. The van der Waals surface area contributed by atoms with Gasteiger partial charge in [-0.3, -0.25) is 0 Å². The predicted molar refractivity (Wildman–Crippen MR) is 245 cm³/mol. The first-order chi connectivity index (χ1) is 28.0. The Morgan fingerprint density at radius 1 is 0.368 bits per heavy atom. The topological polar surface area (TPSA) is 3.24 Å². The minimum atomic E-state index is -0.0860. The third-order valence-electron chi connectivity index (χ3n) is 12.0. The molecule has 1 nitrogen and oxygen atoms in total. The number of nitrogens with zero attached hydrogens (tertiary/aromatic N) is 1. The molecule has 1 aliphatic rings. The lowest BCUT2D eigenvalue weighted by Crippen LogP contribution is -2.16. The van der Waals surface area contributed by atoms with Gasteiger partial charge in [-0.15, -0.1) is 11.3 Å². The van der Waals surface area contributed by atoms with Gasteiger partial charge in [0.05, 0.1) is 0 Å². The molecule has 1 aromatic heterocycles. The van der Waals surface area contributed by atoms with Crippen molar-refractivity contribution in [2.24, 2.45) is 0 Å². The monoisotopic (exact) mass is 745 g/mol. The van der Waals surface area contributed by atoms with E-state index < -0.39 is 0 Å². The first-order valence-corrected chi connectivity index (χ1v) is 20.6. The maximum absolute atomic E-state index is 2.42. The molecule has 9 aromatic carbocycles. The average molecular weight is 746 g/mol. The lowest BCUT2D eigenvalue weighted by atomic mass is 9.79. The highest BCUT2D eigenvalue weighted by molar-refractivity contribution is 7.25. The normalized spacial score (nSPS) is 12.9. The van der Waals surface area contributed by atoms with E-state index in [9.17, 15) is 0 Å². The standard InChI is InChI=1S/C55H39NS/c1-55(2)51-25-7-5-20-47(51)49-24-12-23-46(54(49)55)37-27-29-41(30-28-37)56(43-31-32-53-50(35-43)48-21-6-8-26-52(48)57-53)42-18-10-16-39(34-42)38-15-9-17-40(33-38)45-22-11-14-36-13-3-4-19-44(36)45/h3-35H,1-2H3. The minimum Gasteiger partial charge on any atom is -0.310 e. The van der Waals surface area contributed by atoms with E-state index in [1.807, 2.05) is 11.3 Å². The van der Waals surface area contributed by atoms with E-state index in [1.165, 1.54) is 86.6 Å². The number of hydrogen-bond acceptors (Lipinski definition) is 2. The van der Waals surface area contributed by atoms with E-state index in [2.05, 4.69) is 219 Å². The third kappa shape index (κ3) is 5.51. The van der Waals surface area contributed by atoms with E-state index in [0.717, 1.165) is 17.1 Å². The molecular weight excluding hydrogens is 707 g/mol. The van der Waals surface area contributed by atoms with Crippen molar-refractivity contribution in [1.29, 1.82) is 0 Å². The van der Waals surface area contributed by atoms with Crippen LogP contribution in [0.2, 0.25) is 0 Å². The molecule has 0 saturated heterocycles. The maximum Gasteiger partial charge on any atom is 0.0468 e. The summed E-state index contributed by atoms with van der Waals surface area (Å²) in [5.74, 6) is 0. The molecule has 0 fully saturated rings. The molecule has 0 radical (unpaired) electrons. The molecule has 0 N–H and O–H groups in total. The van der Waals surface area contributed by atoms with Crippen LogP contribution in [0.4, 0.5) is 17.1 Å². The second kappa shape index (κ2) is 13.2. The minimum absolute atomic E-state index is 0.0860. The van der Waals surface area contributed by atoms with E-state index in [4.69, 9.17) is 0 Å². The van der Waals surface area contributed by atoms with Crippen molar-refractivity contribution in [3.05, 3.63) is 211 Å². The Balaban J connectivity index is 1.03. The van der Waals surface area contributed by atoms with Gasteiger partial charge in [0.2, 0.25) is 0 Å². The fourth-order valence-corrected chi connectivity index (χ4v) is 10.4. The van der Waals surface area contributed by atoms with Gasteiger partial charge in [-0.1, -0.05) is 159 Å². The predicted octanol–water partition coefficient (Wildman–Crippen LogP) is 16.0. The van der Waals surface area contributed by atoms with E-state index in [-0.39, 0.29) is 5.41 Å². The van der Waals surface area contributed by atoms with Crippen LogP contribution in [0.5, 0.6) is 0 Å². The number of benzene rings is 9. The lowest BCUT2D eigenvalue weighted by molar-refractivity contribution is 0.662. The summed E-state index contributed by atoms with van der Waals surface area (Å²) in [7, 11) is 0. The SMILES string of the molecule is CC1(C)c2ccccc2-c2cccc(-c3ccc(N(c4cccc(-c5cccc(-c6cccc7ccccc67)c5)c4)c4ccc5sc6ccccc6c5c4)cc3)c21. The molecule has 0 spiro atoms. The largest absolute Gasteiger partial charge is 0.310 e. The Morgan fingerprint density at radius 2 is 0.965 bits per heavy atom. The van der Waals surface area contributed by atoms with Gasteiger partial charge < -0.3 is 4.90 Å². The van der Waals surface area contributed by atoms with Gasteiger partial charge in [-0.05, 0) is 121 Å². The van der Waals surface area contributed by atoms with Crippen LogP contribution in [0.1, 0.15) is 25.0 Å². The van der Waals surface area contributed by atoms with Gasteiger partial charge in [0.25, 0.3) is 0 Å². The van der Waals surface area contributed by atoms with Crippen molar-refractivity contribution in [2.45, 2.75) is 19.3 Å². The Kier molecular flexibility index (Phi) is 7.77. The number of rotatable bonds is 6. The van der Waals surface area contributed by atoms with Gasteiger partial charge in [0.1, 0.15) is 0 Å². The quantitative estimate of drug-likeness (QED) is 0.164. The summed E-state index contributed by atoms with van der Waals surface area (Å²) in [5.41, 5.74) is 16.2. The lowest BCUT2D eigenvalue weighted by Gasteiger charge is -2.27. The van der Waals surface area contributed by atoms with Crippen molar-refractivity contribution in [3.63, 3.8) is 0 Å². The fraction of sp³-hybridized carbons (Fsp3) is 0.0545. The number of thiophene rings is 1. The van der Waals surface area contributed by atoms with Crippen LogP contribution in [0.25, 0.3) is 75.5 Å². The van der Waals surface area contributed by atoms with Crippen molar-refractivity contribution < 1.29 is 0 Å². The summed E-state index contributed by atoms with van der Waals surface area (Å²) in [6.45, 7) is 4.73. The van der Waals surface area contributed by atoms with E-state index in [0.29, 0.717) is 0 Å². The third-order valence-corrected chi connectivity index (χ3v) is 13.2. The molecule has 10 aromatic rings. The van der Waals surface area contributed by atoms with Gasteiger partial charge in [-0.2, -0.15) is 0 Å². The zero-order chi connectivity index (χ0) is 38.1.